The molecule has 0 saturated carbocycles. The molecule has 1 heterocycles. The molecule has 0 bridgehead atoms. The van der Waals surface area contributed by atoms with Gasteiger partial charge in [0, 0.05) is 12.5 Å². The van der Waals surface area contributed by atoms with Crippen molar-refractivity contribution in [2.24, 2.45) is 0 Å². The molecular formula is C15H18O3. The number of hydrogen-bond donors (Lipinski definition) is 0. The largest absolute Gasteiger partial charge is 0.426 e. The molecule has 1 atom stereocenters. The molecule has 0 aromatic heterocycles. The van der Waals surface area contributed by atoms with Gasteiger partial charge in [0.25, 0.3) is 0 Å². The Kier molecular flexibility index (Phi) is 3.82. The van der Waals surface area contributed by atoms with Crippen molar-refractivity contribution in [2.75, 3.05) is 6.61 Å². The van der Waals surface area contributed by atoms with Gasteiger partial charge in [0.05, 0.1) is 12.7 Å². The summed E-state index contributed by atoms with van der Waals surface area (Å²) in [5.74, 6) is 0.295. The van der Waals surface area contributed by atoms with E-state index in [0.29, 0.717) is 12.4 Å². The summed E-state index contributed by atoms with van der Waals surface area (Å²) in [5.41, 5.74) is 3.58. The zero-order chi connectivity index (χ0) is 13.1. The van der Waals surface area contributed by atoms with Gasteiger partial charge in [-0.15, -0.1) is 0 Å². The average Bonchev–Trinajstić information content (AvgIpc) is 2.33. The molecule has 0 saturated heterocycles. The number of ether oxygens (including phenoxy) is 2. The van der Waals surface area contributed by atoms with E-state index in [1.807, 2.05) is 18.2 Å². The maximum atomic E-state index is 11.1. The minimum atomic E-state index is -0.304. The highest BCUT2D eigenvalue weighted by Crippen LogP contribution is 2.35. The van der Waals surface area contributed by atoms with Gasteiger partial charge in [-0.3, -0.25) is 4.79 Å². The standard InChI is InChI=1S/C15H18O3/c1-10-8-15(17-9-11(10)2)13-6-4-5-7-14(13)18-12(3)16/h4-7,15H,8-9H2,1-3H3. The van der Waals surface area contributed by atoms with Gasteiger partial charge in [0.15, 0.2) is 0 Å². The van der Waals surface area contributed by atoms with E-state index in [4.69, 9.17) is 9.47 Å². The van der Waals surface area contributed by atoms with Crippen LogP contribution in [0.5, 0.6) is 5.75 Å². The lowest BCUT2D eigenvalue weighted by Gasteiger charge is -2.26. The van der Waals surface area contributed by atoms with Crippen LogP contribution in [-0.4, -0.2) is 12.6 Å². The Morgan fingerprint density at radius 2 is 2.00 bits per heavy atom. The molecule has 0 N–H and O–H groups in total. The van der Waals surface area contributed by atoms with Crippen molar-refractivity contribution in [3.05, 3.63) is 41.0 Å². The Bertz CT molecular complexity index is 488. The van der Waals surface area contributed by atoms with Crippen LogP contribution in [0.15, 0.2) is 35.4 Å². The van der Waals surface area contributed by atoms with E-state index in [-0.39, 0.29) is 12.1 Å². The molecule has 0 spiro atoms. The van der Waals surface area contributed by atoms with E-state index in [1.54, 1.807) is 6.07 Å². The van der Waals surface area contributed by atoms with Crippen LogP contribution in [0, 0.1) is 0 Å². The SMILES string of the molecule is CC(=O)Oc1ccccc1C1CC(C)=C(C)CO1. The van der Waals surface area contributed by atoms with Crippen molar-refractivity contribution in [3.8, 4) is 5.75 Å². The predicted molar refractivity (Wildman–Crippen MR) is 69.4 cm³/mol. The fraction of sp³-hybridized carbons (Fsp3) is 0.400. The molecule has 96 valence electrons. The van der Waals surface area contributed by atoms with Gasteiger partial charge >= 0.3 is 5.97 Å². The van der Waals surface area contributed by atoms with E-state index >= 15 is 0 Å². The highest BCUT2D eigenvalue weighted by molar-refractivity contribution is 5.69. The van der Waals surface area contributed by atoms with Crippen LogP contribution in [0.3, 0.4) is 0 Å². The lowest BCUT2D eigenvalue weighted by Crippen LogP contribution is -2.15. The first-order valence-electron chi connectivity index (χ1n) is 6.12. The van der Waals surface area contributed by atoms with Crippen LogP contribution < -0.4 is 4.74 Å². The van der Waals surface area contributed by atoms with Crippen LogP contribution in [-0.2, 0) is 9.53 Å². The molecule has 2 rings (SSSR count). The van der Waals surface area contributed by atoms with Gasteiger partial charge in [-0.05, 0) is 31.9 Å². The number of carbonyl (C=O) groups excluding carboxylic acids is 1. The summed E-state index contributed by atoms with van der Waals surface area (Å²) >= 11 is 0. The van der Waals surface area contributed by atoms with Crippen LogP contribution in [0.2, 0.25) is 0 Å². The molecule has 1 unspecified atom stereocenters. The summed E-state index contributed by atoms with van der Waals surface area (Å²) in [6.45, 7) is 6.27. The summed E-state index contributed by atoms with van der Waals surface area (Å²) in [7, 11) is 0. The van der Waals surface area contributed by atoms with Crippen LogP contribution in [0.1, 0.15) is 38.9 Å². The number of esters is 1. The third-order valence-electron chi connectivity index (χ3n) is 3.24. The average molecular weight is 246 g/mol. The molecule has 0 aliphatic carbocycles. The first-order valence-corrected chi connectivity index (χ1v) is 6.12. The Balaban J connectivity index is 2.26. The molecule has 18 heavy (non-hydrogen) atoms. The Hall–Kier alpha value is -1.61. The lowest BCUT2D eigenvalue weighted by molar-refractivity contribution is -0.132. The molecule has 0 fully saturated rings. The van der Waals surface area contributed by atoms with Crippen molar-refractivity contribution in [3.63, 3.8) is 0 Å². The number of rotatable bonds is 2. The Morgan fingerprint density at radius 3 is 2.67 bits per heavy atom. The molecular weight excluding hydrogens is 228 g/mol. The van der Waals surface area contributed by atoms with Crippen LogP contribution in [0.25, 0.3) is 0 Å². The highest BCUT2D eigenvalue weighted by atomic mass is 16.5. The van der Waals surface area contributed by atoms with E-state index in [9.17, 15) is 4.79 Å². The first kappa shape index (κ1) is 12.8. The highest BCUT2D eigenvalue weighted by Gasteiger charge is 2.22. The normalized spacial score (nSPS) is 19.8. The second-order valence-corrected chi connectivity index (χ2v) is 4.70. The molecule has 3 nitrogen and oxygen atoms in total. The monoisotopic (exact) mass is 246 g/mol. The topological polar surface area (TPSA) is 35.5 Å². The van der Waals surface area contributed by atoms with E-state index in [2.05, 4.69) is 13.8 Å². The second-order valence-electron chi connectivity index (χ2n) is 4.70. The molecule has 3 heteroatoms. The fourth-order valence-corrected chi connectivity index (χ4v) is 2.05. The van der Waals surface area contributed by atoms with Gasteiger partial charge < -0.3 is 9.47 Å². The molecule has 0 amide bonds. The van der Waals surface area contributed by atoms with Crippen molar-refractivity contribution < 1.29 is 14.3 Å². The second kappa shape index (κ2) is 5.36. The first-order chi connectivity index (χ1) is 8.58. The minimum absolute atomic E-state index is 0.0238. The van der Waals surface area contributed by atoms with Gasteiger partial charge in [-0.1, -0.05) is 23.8 Å². The minimum Gasteiger partial charge on any atom is -0.426 e. The van der Waals surface area contributed by atoms with E-state index < -0.39 is 0 Å². The smallest absolute Gasteiger partial charge is 0.308 e. The van der Waals surface area contributed by atoms with Crippen molar-refractivity contribution in [1.82, 2.24) is 0 Å². The zero-order valence-electron chi connectivity index (χ0n) is 11.0. The van der Waals surface area contributed by atoms with Gasteiger partial charge in [-0.25, -0.2) is 0 Å². The quantitative estimate of drug-likeness (QED) is 0.455. The van der Waals surface area contributed by atoms with Gasteiger partial charge in [0.2, 0.25) is 0 Å². The molecule has 1 aromatic rings. The van der Waals surface area contributed by atoms with Crippen molar-refractivity contribution >= 4 is 5.97 Å². The summed E-state index contributed by atoms with van der Waals surface area (Å²) in [6.07, 6.45) is 0.827. The molecule has 1 aliphatic heterocycles. The predicted octanol–water partition coefficient (Wildman–Crippen LogP) is 3.41. The van der Waals surface area contributed by atoms with E-state index in [1.165, 1.54) is 18.1 Å². The maximum absolute atomic E-state index is 11.1. The summed E-state index contributed by atoms with van der Waals surface area (Å²) in [4.78, 5) is 11.1. The lowest BCUT2D eigenvalue weighted by atomic mass is 9.96. The van der Waals surface area contributed by atoms with Crippen molar-refractivity contribution in [1.29, 1.82) is 0 Å². The zero-order valence-corrected chi connectivity index (χ0v) is 11.0. The molecule has 1 aliphatic rings. The number of para-hydroxylation sites is 1. The third-order valence-corrected chi connectivity index (χ3v) is 3.24. The molecule has 1 aromatic carbocycles. The molecule has 0 radical (unpaired) electrons. The number of carbonyl (C=O) groups is 1. The Labute approximate surface area is 107 Å². The van der Waals surface area contributed by atoms with Gasteiger partial charge in [0.1, 0.15) is 5.75 Å². The third kappa shape index (κ3) is 2.79. The maximum Gasteiger partial charge on any atom is 0.308 e. The number of benzene rings is 1. The van der Waals surface area contributed by atoms with E-state index in [0.717, 1.165) is 12.0 Å². The van der Waals surface area contributed by atoms with Gasteiger partial charge in [-0.2, -0.15) is 0 Å². The van der Waals surface area contributed by atoms with Crippen molar-refractivity contribution in [2.45, 2.75) is 33.3 Å². The fourth-order valence-electron chi connectivity index (χ4n) is 2.05. The number of hydrogen-bond acceptors (Lipinski definition) is 3. The Morgan fingerprint density at radius 1 is 1.28 bits per heavy atom. The van der Waals surface area contributed by atoms with Crippen LogP contribution >= 0.6 is 0 Å². The summed E-state index contributed by atoms with van der Waals surface area (Å²) < 4.78 is 11.0. The van der Waals surface area contributed by atoms with Crippen LogP contribution in [0.4, 0.5) is 0 Å². The summed E-state index contributed by atoms with van der Waals surface area (Å²) in [6, 6.07) is 7.56. The summed E-state index contributed by atoms with van der Waals surface area (Å²) in [5, 5.41) is 0.